The van der Waals surface area contributed by atoms with E-state index >= 15 is 0 Å². The van der Waals surface area contributed by atoms with Crippen LogP contribution >= 0.6 is 0 Å². The molecule has 1 unspecified atom stereocenters. The Hall–Kier alpha value is -1.10. The third-order valence-electron chi connectivity index (χ3n) is 3.40. The minimum absolute atomic E-state index is 0.108. The van der Waals surface area contributed by atoms with E-state index in [4.69, 9.17) is 9.47 Å². The third-order valence-corrected chi connectivity index (χ3v) is 3.40. The van der Waals surface area contributed by atoms with Crippen LogP contribution in [0.2, 0.25) is 0 Å². The van der Waals surface area contributed by atoms with Crippen molar-refractivity contribution in [2.75, 3.05) is 39.5 Å². The van der Waals surface area contributed by atoms with Gasteiger partial charge in [-0.25, -0.2) is 0 Å². The van der Waals surface area contributed by atoms with Crippen molar-refractivity contribution in [3.05, 3.63) is 29.3 Å². The number of nitrogens with zero attached hydrogens (tertiary/aromatic N) is 1. The summed E-state index contributed by atoms with van der Waals surface area (Å²) in [6, 6.07) is 6.35. The second-order valence-corrected chi connectivity index (χ2v) is 5.12. The zero-order valence-corrected chi connectivity index (χ0v) is 11.8. The van der Waals surface area contributed by atoms with Crippen molar-refractivity contribution in [3.63, 3.8) is 0 Å². The topological polar surface area (TPSA) is 41.9 Å². The average molecular weight is 265 g/mol. The molecule has 19 heavy (non-hydrogen) atoms. The van der Waals surface area contributed by atoms with Gasteiger partial charge < -0.3 is 14.6 Å². The Morgan fingerprint density at radius 2 is 2.05 bits per heavy atom. The van der Waals surface area contributed by atoms with Crippen LogP contribution in [0.15, 0.2) is 18.2 Å². The summed E-state index contributed by atoms with van der Waals surface area (Å²) in [6.07, 6.45) is 0. The van der Waals surface area contributed by atoms with Crippen LogP contribution in [0.4, 0.5) is 0 Å². The van der Waals surface area contributed by atoms with E-state index < -0.39 is 0 Å². The Kier molecular flexibility index (Phi) is 5.19. The fourth-order valence-corrected chi connectivity index (χ4v) is 2.45. The molecule has 4 heteroatoms. The minimum atomic E-state index is 0.108. The maximum absolute atomic E-state index is 9.29. The van der Waals surface area contributed by atoms with E-state index in [1.165, 1.54) is 11.1 Å². The first-order valence-electron chi connectivity index (χ1n) is 6.83. The number of hydrogen-bond donors (Lipinski definition) is 1. The number of benzene rings is 1. The molecule has 0 aliphatic carbocycles. The van der Waals surface area contributed by atoms with Gasteiger partial charge >= 0.3 is 0 Å². The van der Waals surface area contributed by atoms with Crippen LogP contribution in [-0.4, -0.2) is 55.6 Å². The highest BCUT2D eigenvalue weighted by atomic mass is 16.5. The summed E-state index contributed by atoms with van der Waals surface area (Å²) >= 11 is 0. The molecule has 1 heterocycles. The van der Waals surface area contributed by atoms with E-state index in [9.17, 15) is 5.11 Å². The molecule has 0 aromatic heterocycles. The number of morpholine rings is 1. The fraction of sp³-hybridized carbons (Fsp3) is 0.600. The first-order chi connectivity index (χ1) is 9.19. The van der Waals surface area contributed by atoms with Crippen LogP contribution in [0.3, 0.4) is 0 Å². The molecule has 2 rings (SSSR count). The summed E-state index contributed by atoms with van der Waals surface area (Å²) < 4.78 is 11.2. The number of rotatable bonds is 5. The molecule has 1 atom stereocenters. The lowest BCUT2D eigenvalue weighted by atomic mass is 10.1. The summed E-state index contributed by atoms with van der Waals surface area (Å²) in [5.74, 6) is 0.923. The second kappa shape index (κ2) is 6.89. The van der Waals surface area contributed by atoms with Crippen molar-refractivity contribution in [1.29, 1.82) is 0 Å². The van der Waals surface area contributed by atoms with Crippen molar-refractivity contribution in [2.24, 2.45) is 0 Å². The molecule has 1 fully saturated rings. The molecule has 1 aliphatic rings. The van der Waals surface area contributed by atoms with Crippen LogP contribution in [0, 0.1) is 13.8 Å². The van der Waals surface area contributed by atoms with E-state index in [-0.39, 0.29) is 12.6 Å². The van der Waals surface area contributed by atoms with Gasteiger partial charge in [-0.2, -0.15) is 0 Å². The maximum atomic E-state index is 9.29. The number of hydrogen-bond acceptors (Lipinski definition) is 4. The van der Waals surface area contributed by atoms with Crippen LogP contribution in [0.25, 0.3) is 0 Å². The Morgan fingerprint density at radius 3 is 2.74 bits per heavy atom. The van der Waals surface area contributed by atoms with Gasteiger partial charge in [0.05, 0.1) is 25.9 Å². The molecule has 0 amide bonds. The molecule has 0 radical (unpaired) electrons. The third kappa shape index (κ3) is 4.20. The molecule has 106 valence electrons. The standard InChI is InChI=1S/C15H23NO3/c1-12-7-13(2)9-15(8-12)19-6-4-16-3-5-18-11-14(16)10-17/h7-9,14,17H,3-6,10-11H2,1-2H3. The minimum Gasteiger partial charge on any atom is -0.492 e. The SMILES string of the molecule is Cc1cc(C)cc(OCCN2CCOCC2CO)c1. The lowest BCUT2D eigenvalue weighted by Crippen LogP contribution is -2.48. The van der Waals surface area contributed by atoms with Gasteiger partial charge in [-0.3, -0.25) is 4.90 Å². The van der Waals surface area contributed by atoms with Crippen LogP contribution in [0.1, 0.15) is 11.1 Å². The number of aryl methyl sites for hydroxylation is 2. The lowest BCUT2D eigenvalue weighted by Gasteiger charge is -2.34. The Labute approximate surface area is 114 Å². The lowest BCUT2D eigenvalue weighted by molar-refractivity contribution is -0.0312. The van der Waals surface area contributed by atoms with Crippen molar-refractivity contribution < 1.29 is 14.6 Å². The van der Waals surface area contributed by atoms with Gasteiger partial charge in [0.2, 0.25) is 0 Å². The van der Waals surface area contributed by atoms with Crippen molar-refractivity contribution in [2.45, 2.75) is 19.9 Å². The molecule has 1 N–H and O–H groups in total. The summed E-state index contributed by atoms with van der Waals surface area (Å²) in [5, 5.41) is 9.29. The molecule has 1 aromatic carbocycles. The Bertz CT molecular complexity index is 388. The zero-order chi connectivity index (χ0) is 13.7. The van der Waals surface area contributed by atoms with Crippen LogP contribution in [0.5, 0.6) is 5.75 Å². The van der Waals surface area contributed by atoms with Crippen molar-refractivity contribution >= 4 is 0 Å². The van der Waals surface area contributed by atoms with Crippen molar-refractivity contribution in [1.82, 2.24) is 4.90 Å². The highest BCUT2D eigenvalue weighted by molar-refractivity contribution is 5.32. The smallest absolute Gasteiger partial charge is 0.119 e. The van der Waals surface area contributed by atoms with Gasteiger partial charge in [-0.05, 0) is 37.1 Å². The van der Waals surface area contributed by atoms with Crippen LogP contribution < -0.4 is 4.74 Å². The second-order valence-electron chi connectivity index (χ2n) is 5.12. The van der Waals surface area contributed by atoms with E-state index in [0.717, 1.165) is 25.4 Å². The summed E-state index contributed by atoms with van der Waals surface area (Å²) in [5.41, 5.74) is 2.43. The van der Waals surface area contributed by atoms with Gasteiger partial charge in [-0.15, -0.1) is 0 Å². The fourth-order valence-electron chi connectivity index (χ4n) is 2.45. The molecule has 1 saturated heterocycles. The molecule has 0 saturated carbocycles. The van der Waals surface area contributed by atoms with E-state index in [2.05, 4.69) is 36.9 Å². The normalized spacial score (nSPS) is 20.5. The number of aliphatic hydroxyl groups is 1. The van der Waals surface area contributed by atoms with Gasteiger partial charge in [-0.1, -0.05) is 6.07 Å². The van der Waals surface area contributed by atoms with Gasteiger partial charge in [0.15, 0.2) is 0 Å². The largest absolute Gasteiger partial charge is 0.492 e. The predicted octanol–water partition coefficient (Wildman–Crippen LogP) is 1.38. The zero-order valence-electron chi connectivity index (χ0n) is 11.8. The van der Waals surface area contributed by atoms with Gasteiger partial charge in [0.25, 0.3) is 0 Å². The molecule has 0 spiro atoms. The molecule has 1 aliphatic heterocycles. The van der Waals surface area contributed by atoms with Gasteiger partial charge in [0.1, 0.15) is 12.4 Å². The average Bonchev–Trinajstić information content (AvgIpc) is 2.38. The molecule has 1 aromatic rings. The van der Waals surface area contributed by atoms with E-state index in [1.807, 2.05) is 0 Å². The molecule has 4 nitrogen and oxygen atoms in total. The summed E-state index contributed by atoms with van der Waals surface area (Å²) in [7, 11) is 0. The number of aliphatic hydroxyl groups excluding tert-OH is 1. The maximum Gasteiger partial charge on any atom is 0.119 e. The first-order valence-corrected chi connectivity index (χ1v) is 6.83. The molecular formula is C15H23NO3. The summed E-state index contributed by atoms with van der Waals surface area (Å²) in [4.78, 5) is 2.23. The Morgan fingerprint density at radius 1 is 1.32 bits per heavy atom. The van der Waals surface area contributed by atoms with Crippen molar-refractivity contribution in [3.8, 4) is 5.75 Å². The van der Waals surface area contributed by atoms with E-state index in [0.29, 0.717) is 13.2 Å². The predicted molar refractivity (Wildman–Crippen MR) is 74.7 cm³/mol. The quantitative estimate of drug-likeness (QED) is 0.873. The first kappa shape index (κ1) is 14.3. The number of ether oxygens (including phenoxy) is 2. The Balaban J connectivity index is 1.82. The van der Waals surface area contributed by atoms with Gasteiger partial charge in [0, 0.05) is 13.1 Å². The van der Waals surface area contributed by atoms with Crippen LogP contribution in [-0.2, 0) is 4.74 Å². The molecular weight excluding hydrogens is 242 g/mol. The summed E-state index contributed by atoms with van der Waals surface area (Å²) in [6.45, 7) is 7.96. The van der Waals surface area contributed by atoms with E-state index in [1.54, 1.807) is 0 Å². The highest BCUT2D eigenvalue weighted by Crippen LogP contribution is 2.16. The monoisotopic (exact) mass is 265 g/mol. The highest BCUT2D eigenvalue weighted by Gasteiger charge is 2.21. The molecule has 0 bridgehead atoms.